The summed E-state index contributed by atoms with van der Waals surface area (Å²) >= 11 is 5.76. The summed E-state index contributed by atoms with van der Waals surface area (Å²) < 4.78 is 6.41. The lowest BCUT2D eigenvalue weighted by Crippen LogP contribution is -2.43. The molecule has 2 amide bonds. The molecule has 2 rings (SSSR count). The highest BCUT2D eigenvalue weighted by Crippen LogP contribution is 2.10. The minimum absolute atomic E-state index is 0.171. The third-order valence-electron chi connectivity index (χ3n) is 3.08. The quantitative estimate of drug-likeness (QED) is 0.882. The molecule has 0 aromatic carbocycles. The zero-order valence-corrected chi connectivity index (χ0v) is 12.0. The lowest BCUT2D eigenvalue weighted by Gasteiger charge is -2.26. The highest BCUT2D eigenvalue weighted by Gasteiger charge is 2.20. The number of cyclic esters (lactones) is 1. The van der Waals surface area contributed by atoms with Crippen LogP contribution in [0.1, 0.15) is 19.4 Å². The Kier molecular flexibility index (Phi) is 4.84. The van der Waals surface area contributed by atoms with Gasteiger partial charge in [0.2, 0.25) is 5.91 Å². The van der Waals surface area contributed by atoms with E-state index in [4.69, 9.17) is 16.3 Å². The molecule has 1 N–H and O–H groups in total. The van der Waals surface area contributed by atoms with E-state index in [1.807, 2.05) is 0 Å². The molecule has 1 atom stereocenters. The molecule has 0 aliphatic carbocycles. The number of ether oxygens (including phenoxy) is 1. The van der Waals surface area contributed by atoms with Gasteiger partial charge in [-0.1, -0.05) is 11.6 Å². The van der Waals surface area contributed by atoms with Gasteiger partial charge in [-0.05, 0) is 13.3 Å². The topological polar surface area (TPSA) is 76.5 Å². The number of rotatable bonds is 5. The summed E-state index contributed by atoms with van der Waals surface area (Å²) in [7, 11) is 0. The van der Waals surface area contributed by atoms with Gasteiger partial charge in [0.15, 0.2) is 0 Å². The minimum atomic E-state index is -0.448. The second-order valence-electron chi connectivity index (χ2n) is 4.56. The van der Waals surface area contributed by atoms with Crippen LogP contribution in [0.2, 0.25) is 5.02 Å². The molecule has 1 saturated heterocycles. The van der Waals surface area contributed by atoms with Gasteiger partial charge in [0.25, 0.3) is 0 Å². The third-order valence-corrected chi connectivity index (χ3v) is 3.28. The fourth-order valence-electron chi connectivity index (χ4n) is 1.91. The molecule has 1 fully saturated rings. The van der Waals surface area contributed by atoms with E-state index in [0.717, 1.165) is 6.42 Å². The van der Waals surface area contributed by atoms with Gasteiger partial charge in [-0.2, -0.15) is 5.10 Å². The molecule has 1 aromatic rings. The van der Waals surface area contributed by atoms with Crippen molar-refractivity contribution < 1.29 is 14.3 Å². The standard InChI is InChI=1S/C12H17ClN4O3/c1-9(17-8-10(13)7-15-17)11(18)14-3-5-16-4-2-6-20-12(16)19/h7-9H,2-6H2,1H3,(H,14,18)/t9-/m1/s1. The number of hydrogen-bond acceptors (Lipinski definition) is 4. The summed E-state index contributed by atoms with van der Waals surface area (Å²) in [6.45, 7) is 3.69. The normalized spacial score (nSPS) is 16.7. The van der Waals surface area contributed by atoms with Crippen LogP contribution >= 0.6 is 11.6 Å². The van der Waals surface area contributed by atoms with Gasteiger partial charge in [-0.25, -0.2) is 4.79 Å². The highest BCUT2D eigenvalue weighted by molar-refractivity contribution is 6.30. The number of carbonyl (C=O) groups is 2. The fourth-order valence-corrected chi connectivity index (χ4v) is 2.05. The predicted molar refractivity (Wildman–Crippen MR) is 72.5 cm³/mol. The average Bonchev–Trinajstić information content (AvgIpc) is 2.86. The molecule has 2 heterocycles. The molecular weight excluding hydrogens is 284 g/mol. The van der Waals surface area contributed by atoms with Crippen molar-refractivity contribution in [2.24, 2.45) is 0 Å². The van der Waals surface area contributed by atoms with E-state index in [2.05, 4.69) is 10.4 Å². The van der Waals surface area contributed by atoms with Crippen LogP contribution in [0.15, 0.2) is 12.4 Å². The van der Waals surface area contributed by atoms with Gasteiger partial charge in [-0.3, -0.25) is 9.48 Å². The van der Waals surface area contributed by atoms with Gasteiger partial charge >= 0.3 is 6.09 Å². The first-order valence-electron chi connectivity index (χ1n) is 6.47. The Morgan fingerprint density at radius 1 is 1.65 bits per heavy atom. The summed E-state index contributed by atoms with van der Waals surface area (Å²) in [4.78, 5) is 24.9. The van der Waals surface area contributed by atoms with Gasteiger partial charge in [0.1, 0.15) is 6.04 Å². The van der Waals surface area contributed by atoms with Gasteiger partial charge in [-0.15, -0.1) is 0 Å². The Morgan fingerprint density at radius 3 is 3.10 bits per heavy atom. The van der Waals surface area contributed by atoms with Crippen LogP contribution in [0.25, 0.3) is 0 Å². The van der Waals surface area contributed by atoms with Crippen LogP contribution in [0.4, 0.5) is 4.79 Å². The van der Waals surface area contributed by atoms with Gasteiger partial charge < -0.3 is 15.0 Å². The maximum atomic E-state index is 11.9. The van der Waals surface area contributed by atoms with Gasteiger partial charge in [0, 0.05) is 25.8 Å². The molecule has 0 radical (unpaired) electrons. The first kappa shape index (κ1) is 14.6. The monoisotopic (exact) mass is 300 g/mol. The number of nitrogens with zero attached hydrogens (tertiary/aromatic N) is 3. The molecule has 0 saturated carbocycles. The summed E-state index contributed by atoms with van der Waals surface area (Å²) in [6.07, 6.45) is 3.57. The summed E-state index contributed by atoms with van der Waals surface area (Å²) in [5.41, 5.74) is 0. The van der Waals surface area contributed by atoms with E-state index >= 15 is 0 Å². The summed E-state index contributed by atoms with van der Waals surface area (Å²) in [5, 5.41) is 7.24. The van der Waals surface area contributed by atoms with Crippen molar-refractivity contribution >= 4 is 23.6 Å². The van der Waals surface area contributed by atoms with Crippen molar-refractivity contribution in [1.82, 2.24) is 20.0 Å². The molecule has 1 aliphatic heterocycles. The van der Waals surface area contributed by atoms with E-state index in [1.165, 1.54) is 10.9 Å². The lowest BCUT2D eigenvalue weighted by atomic mass is 10.3. The van der Waals surface area contributed by atoms with Crippen LogP contribution in [0.3, 0.4) is 0 Å². The lowest BCUT2D eigenvalue weighted by molar-refractivity contribution is -0.124. The average molecular weight is 301 g/mol. The zero-order valence-electron chi connectivity index (χ0n) is 11.2. The SMILES string of the molecule is C[C@H](C(=O)NCCN1CCCOC1=O)n1cc(Cl)cn1. The first-order valence-corrected chi connectivity index (χ1v) is 6.85. The number of aromatic nitrogens is 2. The second kappa shape index (κ2) is 6.60. The number of carbonyl (C=O) groups excluding carboxylic acids is 2. The van der Waals surface area contributed by atoms with E-state index in [-0.39, 0.29) is 12.0 Å². The highest BCUT2D eigenvalue weighted by atomic mass is 35.5. The molecule has 7 nitrogen and oxygen atoms in total. The van der Waals surface area contributed by atoms with Crippen molar-refractivity contribution in [1.29, 1.82) is 0 Å². The Balaban J connectivity index is 1.76. The summed E-state index contributed by atoms with van der Waals surface area (Å²) in [6, 6.07) is -0.448. The number of nitrogens with one attached hydrogen (secondary N) is 1. The van der Waals surface area contributed by atoms with E-state index in [0.29, 0.717) is 31.3 Å². The predicted octanol–water partition coefficient (Wildman–Crippen LogP) is 1.06. The first-order chi connectivity index (χ1) is 9.58. The number of amides is 2. The van der Waals surface area contributed by atoms with Crippen LogP contribution in [-0.2, 0) is 9.53 Å². The Labute approximate surface area is 121 Å². The maximum absolute atomic E-state index is 11.9. The van der Waals surface area contributed by atoms with Crippen LogP contribution < -0.4 is 5.32 Å². The maximum Gasteiger partial charge on any atom is 0.409 e. The van der Waals surface area contributed by atoms with Crippen molar-refractivity contribution in [2.75, 3.05) is 26.2 Å². The molecule has 110 valence electrons. The molecule has 0 unspecified atom stereocenters. The molecule has 1 aromatic heterocycles. The Bertz CT molecular complexity index is 491. The van der Waals surface area contributed by atoms with Crippen molar-refractivity contribution in [3.8, 4) is 0 Å². The molecule has 1 aliphatic rings. The van der Waals surface area contributed by atoms with Crippen molar-refractivity contribution in [3.05, 3.63) is 17.4 Å². The molecule has 0 bridgehead atoms. The number of hydrogen-bond donors (Lipinski definition) is 1. The van der Waals surface area contributed by atoms with E-state index < -0.39 is 6.04 Å². The second-order valence-corrected chi connectivity index (χ2v) is 5.00. The molecule has 0 spiro atoms. The number of halogens is 1. The van der Waals surface area contributed by atoms with Crippen LogP contribution in [0.5, 0.6) is 0 Å². The molecule has 20 heavy (non-hydrogen) atoms. The Hall–Kier alpha value is -1.76. The zero-order chi connectivity index (χ0) is 14.5. The smallest absolute Gasteiger partial charge is 0.409 e. The summed E-state index contributed by atoms with van der Waals surface area (Å²) in [5.74, 6) is -0.171. The van der Waals surface area contributed by atoms with Gasteiger partial charge in [0.05, 0.1) is 17.8 Å². The van der Waals surface area contributed by atoms with Crippen molar-refractivity contribution in [2.45, 2.75) is 19.4 Å². The molecular formula is C12H17ClN4O3. The minimum Gasteiger partial charge on any atom is -0.449 e. The van der Waals surface area contributed by atoms with E-state index in [1.54, 1.807) is 18.0 Å². The van der Waals surface area contributed by atoms with Crippen LogP contribution in [0, 0.1) is 0 Å². The fraction of sp³-hybridized carbons (Fsp3) is 0.583. The molecule has 8 heteroatoms. The van der Waals surface area contributed by atoms with Crippen molar-refractivity contribution in [3.63, 3.8) is 0 Å². The van der Waals surface area contributed by atoms with E-state index in [9.17, 15) is 9.59 Å². The Morgan fingerprint density at radius 2 is 2.45 bits per heavy atom. The largest absolute Gasteiger partial charge is 0.449 e. The van der Waals surface area contributed by atoms with Crippen LogP contribution in [-0.4, -0.2) is 52.9 Å². The third kappa shape index (κ3) is 3.63.